The number of furan rings is 1. The number of aryl methyl sites for hydroxylation is 2. The summed E-state index contributed by atoms with van der Waals surface area (Å²) < 4.78 is 5.59. The van der Waals surface area contributed by atoms with Gasteiger partial charge in [-0.1, -0.05) is 0 Å². The van der Waals surface area contributed by atoms with Crippen LogP contribution in [0, 0.1) is 19.8 Å². The second-order valence-corrected chi connectivity index (χ2v) is 7.26. The monoisotopic (exact) mass is 362 g/mol. The van der Waals surface area contributed by atoms with Gasteiger partial charge in [0.05, 0.1) is 12.7 Å². The Morgan fingerprint density at radius 3 is 2.30 bits per heavy atom. The summed E-state index contributed by atoms with van der Waals surface area (Å²) in [5.74, 6) is 0.136. The first-order valence-corrected chi connectivity index (χ1v) is 9.18. The van der Waals surface area contributed by atoms with Crippen LogP contribution in [0.5, 0.6) is 0 Å². The predicted octanol–water partition coefficient (Wildman–Crippen LogP) is 4.58. The topological polar surface area (TPSA) is 71.3 Å². The number of nitrogens with one attached hydrogen (secondary N) is 2. The van der Waals surface area contributed by atoms with E-state index >= 15 is 0 Å². The van der Waals surface area contributed by atoms with Crippen molar-refractivity contribution in [2.75, 3.05) is 10.6 Å². The van der Waals surface area contributed by atoms with E-state index < -0.39 is 0 Å². The van der Waals surface area contributed by atoms with E-state index in [1.54, 1.807) is 30.5 Å². The lowest BCUT2D eigenvalue weighted by Crippen LogP contribution is -2.15. The third kappa shape index (κ3) is 3.87. The maximum atomic E-state index is 12.4. The Kier molecular flexibility index (Phi) is 4.44. The van der Waals surface area contributed by atoms with Gasteiger partial charge in [0.2, 0.25) is 11.8 Å². The number of rotatable bonds is 5. The number of benzene rings is 2. The van der Waals surface area contributed by atoms with E-state index in [1.807, 2.05) is 13.0 Å². The molecule has 1 heterocycles. The minimum absolute atomic E-state index is 0.0733. The molecule has 1 aromatic heterocycles. The van der Waals surface area contributed by atoms with E-state index in [-0.39, 0.29) is 24.2 Å². The first-order chi connectivity index (χ1) is 13.0. The fraction of sp³-hybridized carbons (Fsp3) is 0.273. The fourth-order valence-corrected chi connectivity index (χ4v) is 3.08. The van der Waals surface area contributed by atoms with Gasteiger partial charge in [0.1, 0.15) is 5.58 Å². The smallest absolute Gasteiger partial charge is 0.228 e. The Morgan fingerprint density at radius 1 is 1.00 bits per heavy atom. The molecule has 0 bridgehead atoms. The van der Waals surface area contributed by atoms with Crippen LogP contribution in [-0.2, 0) is 16.0 Å². The van der Waals surface area contributed by atoms with Crippen LogP contribution in [-0.4, -0.2) is 11.8 Å². The van der Waals surface area contributed by atoms with Gasteiger partial charge in [0.25, 0.3) is 0 Å². The average molecular weight is 362 g/mol. The first-order valence-electron chi connectivity index (χ1n) is 9.18. The number of amides is 2. The van der Waals surface area contributed by atoms with Crippen molar-refractivity contribution in [3.8, 4) is 0 Å². The molecule has 0 saturated heterocycles. The highest BCUT2D eigenvalue weighted by molar-refractivity contribution is 5.96. The standard InChI is InChI=1S/C22H22N2O3/c1-13-9-19-16(12-27-20(19)10-14(13)2)11-21(25)23-17-5-7-18(8-6-17)24-22(26)15-3-4-15/h5-10,12,15H,3-4,11H2,1-2H3,(H,23,25)(H,24,26). The molecule has 0 radical (unpaired) electrons. The van der Waals surface area contributed by atoms with Crippen molar-refractivity contribution in [1.29, 1.82) is 0 Å². The molecule has 2 amide bonds. The van der Waals surface area contributed by atoms with Crippen LogP contribution in [0.25, 0.3) is 11.0 Å². The third-order valence-corrected chi connectivity index (χ3v) is 5.01. The van der Waals surface area contributed by atoms with Crippen LogP contribution >= 0.6 is 0 Å². The Hall–Kier alpha value is -3.08. The lowest BCUT2D eigenvalue weighted by molar-refractivity contribution is -0.117. The molecule has 5 heteroatoms. The molecule has 1 aliphatic rings. The van der Waals surface area contributed by atoms with Crippen molar-refractivity contribution >= 4 is 34.2 Å². The highest BCUT2D eigenvalue weighted by Crippen LogP contribution is 2.30. The molecule has 2 N–H and O–H groups in total. The van der Waals surface area contributed by atoms with E-state index in [9.17, 15) is 9.59 Å². The van der Waals surface area contributed by atoms with Gasteiger partial charge >= 0.3 is 0 Å². The summed E-state index contributed by atoms with van der Waals surface area (Å²) in [6.07, 6.45) is 3.85. The van der Waals surface area contributed by atoms with Gasteiger partial charge in [-0.3, -0.25) is 9.59 Å². The summed E-state index contributed by atoms with van der Waals surface area (Å²) in [5.41, 5.74) is 5.47. The van der Waals surface area contributed by atoms with Gasteiger partial charge in [-0.15, -0.1) is 0 Å². The van der Waals surface area contributed by atoms with Crippen LogP contribution < -0.4 is 10.6 Å². The van der Waals surface area contributed by atoms with E-state index in [1.165, 1.54) is 11.1 Å². The molecule has 0 aliphatic heterocycles. The summed E-state index contributed by atoms with van der Waals surface area (Å²) in [4.78, 5) is 24.2. The number of anilines is 2. The number of hydrogen-bond donors (Lipinski definition) is 2. The molecule has 27 heavy (non-hydrogen) atoms. The number of carbonyl (C=O) groups is 2. The summed E-state index contributed by atoms with van der Waals surface area (Å²) >= 11 is 0. The molecule has 1 fully saturated rings. The first kappa shape index (κ1) is 17.3. The van der Waals surface area contributed by atoms with Crippen molar-refractivity contribution in [1.82, 2.24) is 0 Å². The van der Waals surface area contributed by atoms with Crippen LogP contribution in [0.15, 0.2) is 47.1 Å². The molecule has 1 saturated carbocycles. The Bertz CT molecular complexity index is 1010. The molecule has 0 unspecified atom stereocenters. The molecule has 3 aromatic rings. The molecule has 4 rings (SSSR count). The van der Waals surface area contributed by atoms with Crippen LogP contribution in [0.2, 0.25) is 0 Å². The van der Waals surface area contributed by atoms with Gasteiger partial charge in [0, 0.05) is 28.2 Å². The average Bonchev–Trinajstić information content (AvgIpc) is 3.42. The predicted molar refractivity (Wildman–Crippen MR) is 106 cm³/mol. The summed E-state index contributed by atoms with van der Waals surface area (Å²) in [5, 5.41) is 6.76. The Balaban J connectivity index is 1.40. The van der Waals surface area contributed by atoms with E-state index in [0.717, 1.165) is 35.1 Å². The van der Waals surface area contributed by atoms with Crippen LogP contribution in [0.4, 0.5) is 11.4 Å². The van der Waals surface area contributed by atoms with Gasteiger partial charge in [-0.05, 0) is 74.2 Å². The third-order valence-electron chi connectivity index (χ3n) is 5.01. The van der Waals surface area contributed by atoms with Gasteiger partial charge in [-0.2, -0.15) is 0 Å². The largest absolute Gasteiger partial charge is 0.464 e. The minimum atomic E-state index is -0.106. The van der Waals surface area contributed by atoms with Gasteiger partial charge in [0.15, 0.2) is 0 Å². The zero-order valence-corrected chi connectivity index (χ0v) is 15.5. The fourth-order valence-electron chi connectivity index (χ4n) is 3.08. The number of fused-ring (bicyclic) bond motifs is 1. The van der Waals surface area contributed by atoms with E-state index in [4.69, 9.17) is 4.42 Å². The van der Waals surface area contributed by atoms with Crippen molar-refractivity contribution in [2.24, 2.45) is 5.92 Å². The summed E-state index contributed by atoms with van der Waals surface area (Å²) in [6.45, 7) is 4.09. The van der Waals surface area contributed by atoms with Crippen molar-refractivity contribution in [3.63, 3.8) is 0 Å². The molecule has 1 aliphatic carbocycles. The lowest BCUT2D eigenvalue weighted by Gasteiger charge is -2.07. The van der Waals surface area contributed by atoms with Crippen molar-refractivity contribution in [2.45, 2.75) is 33.1 Å². The van der Waals surface area contributed by atoms with Gasteiger partial charge in [-0.25, -0.2) is 0 Å². The number of carbonyl (C=O) groups excluding carboxylic acids is 2. The maximum absolute atomic E-state index is 12.4. The van der Waals surface area contributed by atoms with Crippen molar-refractivity contribution in [3.05, 3.63) is 59.4 Å². The normalized spacial score (nSPS) is 13.6. The van der Waals surface area contributed by atoms with E-state index in [2.05, 4.69) is 23.6 Å². The Labute approximate surface area is 157 Å². The molecule has 138 valence electrons. The highest BCUT2D eigenvalue weighted by atomic mass is 16.3. The second-order valence-electron chi connectivity index (χ2n) is 7.26. The molecule has 5 nitrogen and oxygen atoms in total. The van der Waals surface area contributed by atoms with E-state index in [0.29, 0.717) is 5.69 Å². The number of hydrogen-bond acceptors (Lipinski definition) is 3. The second kappa shape index (κ2) is 6.91. The summed E-state index contributed by atoms with van der Waals surface area (Å²) in [6, 6.07) is 11.3. The molecule has 0 atom stereocenters. The lowest BCUT2D eigenvalue weighted by atomic mass is 10.0. The highest BCUT2D eigenvalue weighted by Gasteiger charge is 2.29. The Morgan fingerprint density at radius 2 is 1.63 bits per heavy atom. The molecular weight excluding hydrogens is 340 g/mol. The zero-order valence-electron chi connectivity index (χ0n) is 15.5. The molecule has 0 spiro atoms. The molecular formula is C22H22N2O3. The maximum Gasteiger partial charge on any atom is 0.228 e. The van der Waals surface area contributed by atoms with Crippen molar-refractivity contribution < 1.29 is 14.0 Å². The van der Waals surface area contributed by atoms with Crippen LogP contribution in [0.1, 0.15) is 29.5 Å². The minimum Gasteiger partial charge on any atom is -0.464 e. The van der Waals surface area contributed by atoms with Crippen LogP contribution in [0.3, 0.4) is 0 Å². The summed E-state index contributed by atoms with van der Waals surface area (Å²) in [7, 11) is 0. The molecule has 2 aromatic carbocycles. The SMILES string of the molecule is Cc1cc2occ(CC(=O)Nc3ccc(NC(=O)C4CC4)cc3)c2cc1C. The van der Waals surface area contributed by atoms with Gasteiger partial charge < -0.3 is 15.1 Å². The quantitative estimate of drug-likeness (QED) is 0.698. The zero-order chi connectivity index (χ0) is 19.0.